The quantitative estimate of drug-likeness (QED) is 0.657. The average molecular weight is 457 g/mol. The van der Waals surface area contributed by atoms with Crippen LogP contribution in [0.25, 0.3) is 0 Å². The van der Waals surface area contributed by atoms with Crippen LogP contribution in [-0.2, 0) is 21.4 Å². The minimum Gasteiger partial charge on any atom is -0.435 e. The highest BCUT2D eigenvalue weighted by molar-refractivity contribution is 7.89. The second kappa shape index (κ2) is 10.1. The van der Waals surface area contributed by atoms with Gasteiger partial charge >= 0.3 is 6.61 Å². The molecule has 1 N–H and O–H groups in total. The second-order valence-electron chi connectivity index (χ2n) is 6.91. The molecule has 0 bridgehead atoms. The van der Waals surface area contributed by atoms with Crippen LogP contribution in [0.1, 0.15) is 5.56 Å². The lowest BCUT2D eigenvalue weighted by atomic mass is 10.2. The first-order valence-corrected chi connectivity index (χ1v) is 11.0. The van der Waals surface area contributed by atoms with Crippen LogP contribution in [0.5, 0.6) is 5.75 Å². The largest absolute Gasteiger partial charge is 0.435 e. The minimum atomic E-state index is -3.93. The standard InChI is InChI=1S/C20H22F3N3O4S/c21-17-3-1-2-4-18(17)31(28,29)26-11-9-25(10-12-26)14-19(27)24-13-15-5-7-16(8-6-15)30-20(22)23/h1-8,20H,9-14H2,(H,24,27). The van der Waals surface area contributed by atoms with Crippen LogP contribution in [0.2, 0.25) is 0 Å². The van der Waals surface area contributed by atoms with E-state index in [4.69, 9.17) is 0 Å². The lowest BCUT2D eigenvalue weighted by Crippen LogP contribution is -2.51. The Hall–Kier alpha value is -2.63. The number of amides is 1. The number of hydrogen-bond acceptors (Lipinski definition) is 5. The Labute approximate surface area is 178 Å². The molecular formula is C20H22F3N3O4S. The van der Waals surface area contributed by atoms with E-state index in [9.17, 15) is 26.4 Å². The van der Waals surface area contributed by atoms with Crippen LogP contribution >= 0.6 is 0 Å². The van der Waals surface area contributed by atoms with E-state index in [1.165, 1.54) is 34.6 Å². The molecule has 11 heteroatoms. The molecule has 0 aliphatic carbocycles. The van der Waals surface area contributed by atoms with Crippen molar-refractivity contribution in [3.8, 4) is 5.75 Å². The van der Waals surface area contributed by atoms with Crippen molar-refractivity contribution < 1.29 is 31.1 Å². The van der Waals surface area contributed by atoms with Gasteiger partial charge in [-0.15, -0.1) is 0 Å². The molecule has 31 heavy (non-hydrogen) atoms. The van der Waals surface area contributed by atoms with Crippen molar-refractivity contribution in [2.45, 2.75) is 18.1 Å². The molecule has 1 fully saturated rings. The summed E-state index contributed by atoms with van der Waals surface area (Å²) < 4.78 is 68.9. The van der Waals surface area contributed by atoms with Crippen molar-refractivity contribution in [1.29, 1.82) is 0 Å². The summed E-state index contributed by atoms with van der Waals surface area (Å²) in [6.07, 6.45) is 0. The second-order valence-corrected chi connectivity index (χ2v) is 8.82. The van der Waals surface area contributed by atoms with Gasteiger partial charge in [-0.05, 0) is 29.8 Å². The Bertz CT molecular complexity index is 995. The number of rotatable bonds is 8. The van der Waals surface area contributed by atoms with Crippen LogP contribution in [0, 0.1) is 5.82 Å². The third-order valence-electron chi connectivity index (χ3n) is 4.79. The van der Waals surface area contributed by atoms with E-state index < -0.39 is 22.5 Å². The monoisotopic (exact) mass is 457 g/mol. The van der Waals surface area contributed by atoms with Crippen molar-refractivity contribution in [2.75, 3.05) is 32.7 Å². The molecule has 1 saturated heterocycles. The SMILES string of the molecule is O=C(CN1CCN(S(=O)(=O)c2ccccc2F)CC1)NCc1ccc(OC(F)F)cc1. The number of carbonyl (C=O) groups is 1. The Morgan fingerprint density at radius 3 is 2.29 bits per heavy atom. The summed E-state index contributed by atoms with van der Waals surface area (Å²) in [5.74, 6) is -1.01. The van der Waals surface area contributed by atoms with Crippen molar-refractivity contribution in [2.24, 2.45) is 0 Å². The lowest BCUT2D eigenvalue weighted by Gasteiger charge is -2.33. The van der Waals surface area contributed by atoms with E-state index in [-0.39, 0.29) is 42.7 Å². The molecule has 168 valence electrons. The number of alkyl halides is 2. The van der Waals surface area contributed by atoms with Gasteiger partial charge in [-0.3, -0.25) is 9.69 Å². The number of benzene rings is 2. The van der Waals surface area contributed by atoms with Gasteiger partial charge in [0, 0.05) is 32.7 Å². The van der Waals surface area contributed by atoms with Crippen LogP contribution in [-0.4, -0.2) is 62.9 Å². The maximum atomic E-state index is 13.9. The highest BCUT2D eigenvalue weighted by atomic mass is 32.2. The van der Waals surface area contributed by atoms with Gasteiger partial charge in [0.1, 0.15) is 16.5 Å². The Morgan fingerprint density at radius 1 is 1.03 bits per heavy atom. The predicted octanol–water partition coefficient (Wildman–Crippen LogP) is 2.05. The minimum absolute atomic E-state index is 0.0354. The lowest BCUT2D eigenvalue weighted by molar-refractivity contribution is -0.122. The van der Waals surface area contributed by atoms with Gasteiger partial charge in [0.25, 0.3) is 0 Å². The zero-order valence-electron chi connectivity index (χ0n) is 16.5. The van der Waals surface area contributed by atoms with Crippen LogP contribution in [0.4, 0.5) is 13.2 Å². The zero-order valence-corrected chi connectivity index (χ0v) is 17.3. The van der Waals surface area contributed by atoms with E-state index >= 15 is 0 Å². The molecule has 1 amide bonds. The topological polar surface area (TPSA) is 79.0 Å². The van der Waals surface area contributed by atoms with E-state index in [1.807, 2.05) is 4.90 Å². The maximum Gasteiger partial charge on any atom is 0.387 e. The van der Waals surface area contributed by atoms with Gasteiger partial charge in [-0.25, -0.2) is 12.8 Å². The summed E-state index contributed by atoms with van der Waals surface area (Å²) in [7, 11) is -3.93. The number of halogens is 3. The molecule has 7 nitrogen and oxygen atoms in total. The highest BCUT2D eigenvalue weighted by Gasteiger charge is 2.30. The highest BCUT2D eigenvalue weighted by Crippen LogP contribution is 2.20. The van der Waals surface area contributed by atoms with Crippen molar-refractivity contribution in [3.05, 3.63) is 59.9 Å². The molecule has 2 aromatic carbocycles. The number of hydrogen-bond donors (Lipinski definition) is 1. The fourth-order valence-corrected chi connectivity index (χ4v) is 4.66. The van der Waals surface area contributed by atoms with E-state index in [2.05, 4.69) is 10.1 Å². The summed E-state index contributed by atoms with van der Waals surface area (Å²) >= 11 is 0. The molecule has 0 radical (unpaired) electrons. The summed E-state index contributed by atoms with van der Waals surface area (Å²) in [4.78, 5) is 13.6. The molecule has 0 saturated carbocycles. The van der Waals surface area contributed by atoms with Crippen LogP contribution in [0.15, 0.2) is 53.4 Å². The molecule has 1 aliphatic heterocycles. The number of ether oxygens (including phenoxy) is 1. The van der Waals surface area contributed by atoms with Crippen molar-refractivity contribution >= 4 is 15.9 Å². The Balaban J connectivity index is 1.45. The number of sulfonamides is 1. The number of nitrogens with zero attached hydrogens (tertiary/aromatic N) is 2. The normalized spacial score (nSPS) is 15.7. The fraction of sp³-hybridized carbons (Fsp3) is 0.350. The number of carbonyl (C=O) groups excluding carboxylic acids is 1. The van der Waals surface area contributed by atoms with Crippen LogP contribution < -0.4 is 10.1 Å². The van der Waals surface area contributed by atoms with E-state index in [0.29, 0.717) is 13.1 Å². The number of nitrogens with one attached hydrogen (secondary N) is 1. The fourth-order valence-electron chi connectivity index (χ4n) is 3.17. The third-order valence-corrected chi connectivity index (χ3v) is 6.72. The van der Waals surface area contributed by atoms with Gasteiger partial charge in [-0.2, -0.15) is 13.1 Å². The summed E-state index contributed by atoms with van der Waals surface area (Å²) in [5.41, 5.74) is 0.718. The van der Waals surface area contributed by atoms with Crippen molar-refractivity contribution in [3.63, 3.8) is 0 Å². The maximum absolute atomic E-state index is 13.9. The molecule has 1 aliphatic rings. The summed E-state index contributed by atoms with van der Waals surface area (Å²) in [6.45, 7) is -1.63. The molecule has 1 heterocycles. The summed E-state index contributed by atoms with van der Waals surface area (Å²) in [5, 5.41) is 2.73. The Morgan fingerprint density at radius 2 is 1.68 bits per heavy atom. The molecule has 0 aromatic heterocycles. The van der Waals surface area contributed by atoms with Gasteiger partial charge < -0.3 is 10.1 Å². The molecule has 0 atom stereocenters. The van der Waals surface area contributed by atoms with E-state index in [1.54, 1.807) is 12.1 Å². The van der Waals surface area contributed by atoms with Gasteiger partial charge in [-0.1, -0.05) is 24.3 Å². The van der Waals surface area contributed by atoms with E-state index in [0.717, 1.165) is 11.6 Å². The molecule has 3 rings (SSSR count). The third kappa shape index (κ3) is 6.18. The van der Waals surface area contributed by atoms with Gasteiger partial charge in [0.15, 0.2) is 0 Å². The number of piperazine rings is 1. The molecule has 0 spiro atoms. The van der Waals surface area contributed by atoms with Gasteiger partial charge in [0.2, 0.25) is 15.9 Å². The predicted molar refractivity (Wildman–Crippen MR) is 107 cm³/mol. The van der Waals surface area contributed by atoms with Crippen molar-refractivity contribution in [1.82, 2.24) is 14.5 Å². The smallest absolute Gasteiger partial charge is 0.387 e. The average Bonchev–Trinajstić information content (AvgIpc) is 2.73. The first kappa shape index (κ1) is 23.0. The molecule has 0 unspecified atom stereocenters. The van der Waals surface area contributed by atoms with Crippen LogP contribution in [0.3, 0.4) is 0 Å². The zero-order chi connectivity index (χ0) is 22.4. The summed E-state index contributed by atoms with van der Waals surface area (Å²) in [6, 6.07) is 11.2. The molecule has 2 aromatic rings. The first-order valence-electron chi connectivity index (χ1n) is 9.53. The Kier molecular flexibility index (Phi) is 7.52. The van der Waals surface area contributed by atoms with Gasteiger partial charge in [0.05, 0.1) is 6.54 Å². The first-order chi connectivity index (χ1) is 14.8. The molecular weight excluding hydrogens is 435 g/mol.